The van der Waals surface area contributed by atoms with Gasteiger partial charge in [0.15, 0.2) is 0 Å². The van der Waals surface area contributed by atoms with Crippen molar-refractivity contribution in [3.05, 3.63) is 29.3 Å². The zero-order valence-electron chi connectivity index (χ0n) is 20.8. The third-order valence-corrected chi connectivity index (χ3v) is 7.43. The van der Waals surface area contributed by atoms with E-state index in [-0.39, 0.29) is 18.7 Å². The molecule has 1 heterocycles. The second kappa shape index (κ2) is 11.3. The number of alkyl halides is 3. The van der Waals surface area contributed by atoms with E-state index in [0.717, 1.165) is 43.2 Å². The number of rotatable bonds is 11. The Kier molecular flexibility index (Phi) is 8.90. The van der Waals surface area contributed by atoms with Gasteiger partial charge in [-0.15, -0.1) is 0 Å². The van der Waals surface area contributed by atoms with Crippen molar-refractivity contribution in [1.29, 1.82) is 0 Å². The molecule has 3 rings (SSSR count). The monoisotopic (exact) mass is 484 g/mol. The third-order valence-electron chi connectivity index (χ3n) is 7.43. The summed E-state index contributed by atoms with van der Waals surface area (Å²) in [7, 11) is 1.63. The van der Waals surface area contributed by atoms with Crippen LogP contribution >= 0.6 is 0 Å². The lowest BCUT2D eigenvalue weighted by atomic mass is 9.64. The van der Waals surface area contributed by atoms with E-state index in [0.29, 0.717) is 13.0 Å². The average Bonchev–Trinajstić information content (AvgIpc) is 3.60. The number of piperidine rings is 1. The van der Waals surface area contributed by atoms with E-state index in [2.05, 4.69) is 36.2 Å². The van der Waals surface area contributed by atoms with Gasteiger partial charge in [-0.25, -0.2) is 0 Å². The maximum absolute atomic E-state index is 12.7. The Labute approximate surface area is 201 Å². The molecule has 8 heteroatoms. The molecular weight excluding hydrogens is 445 g/mol. The van der Waals surface area contributed by atoms with Crippen LogP contribution in [-0.2, 0) is 21.4 Å². The summed E-state index contributed by atoms with van der Waals surface area (Å²) in [5, 5.41) is 2.52. The second-order valence-electron chi connectivity index (χ2n) is 9.73. The van der Waals surface area contributed by atoms with Crippen molar-refractivity contribution in [2.75, 3.05) is 33.4 Å². The molecule has 0 spiro atoms. The summed E-state index contributed by atoms with van der Waals surface area (Å²) in [4.78, 5) is 14.4. The van der Waals surface area contributed by atoms with Gasteiger partial charge in [-0.3, -0.25) is 9.69 Å². The van der Waals surface area contributed by atoms with Gasteiger partial charge in [-0.05, 0) is 81.7 Å². The lowest BCUT2D eigenvalue weighted by molar-refractivity contribution is -0.153. The topological polar surface area (TPSA) is 50.8 Å². The normalized spacial score (nSPS) is 25.9. The molecule has 3 atom stereocenters. The molecule has 192 valence electrons. The summed E-state index contributed by atoms with van der Waals surface area (Å²) < 4.78 is 50.0. The fourth-order valence-corrected chi connectivity index (χ4v) is 5.52. The van der Waals surface area contributed by atoms with E-state index in [4.69, 9.17) is 9.47 Å². The summed E-state index contributed by atoms with van der Waals surface area (Å²) in [6, 6.07) is 6.23. The maximum Gasteiger partial charge on any atom is 0.397 e. The van der Waals surface area contributed by atoms with E-state index in [1.54, 1.807) is 7.11 Å². The predicted octanol–water partition coefficient (Wildman–Crippen LogP) is 4.86. The second-order valence-corrected chi connectivity index (χ2v) is 9.73. The largest absolute Gasteiger partial charge is 0.497 e. The lowest BCUT2D eigenvalue weighted by Gasteiger charge is -2.52. The van der Waals surface area contributed by atoms with Crippen LogP contribution < -0.4 is 10.1 Å². The van der Waals surface area contributed by atoms with E-state index >= 15 is 0 Å². The van der Waals surface area contributed by atoms with Crippen LogP contribution in [-0.4, -0.2) is 62.5 Å². The van der Waals surface area contributed by atoms with Crippen LogP contribution in [0.3, 0.4) is 0 Å². The Hall–Kier alpha value is -1.80. The first-order valence-electron chi connectivity index (χ1n) is 12.5. The van der Waals surface area contributed by atoms with Crippen LogP contribution in [0.1, 0.15) is 64.0 Å². The van der Waals surface area contributed by atoms with E-state index in [1.807, 2.05) is 13.0 Å². The van der Waals surface area contributed by atoms with Gasteiger partial charge in [0.05, 0.1) is 13.2 Å². The summed E-state index contributed by atoms with van der Waals surface area (Å²) in [5.41, 5.74) is 1.85. The number of methoxy groups -OCH3 is 1. The number of hydrogen-bond donors (Lipinski definition) is 1. The number of nitrogens with one attached hydrogen (secondary N) is 1. The number of halogens is 3. The first-order valence-corrected chi connectivity index (χ1v) is 12.5. The summed E-state index contributed by atoms with van der Waals surface area (Å²) in [6.45, 7) is 8.93. The number of benzene rings is 1. The molecule has 2 aliphatic rings. The van der Waals surface area contributed by atoms with Crippen LogP contribution in [0.4, 0.5) is 13.2 Å². The number of nitrogens with zero attached hydrogens (tertiary/aromatic N) is 1. The van der Waals surface area contributed by atoms with Gasteiger partial charge in [-0.1, -0.05) is 13.0 Å². The number of aryl methyl sites for hydroxylation is 1. The molecule has 2 fully saturated rings. The van der Waals surface area contributed by atoms with Gasteiger partial charge >= 0.3 is 6.18 Å². The van der Waals surface area contributed by atoms with Crippen molar-refractivity contribution in [2.45, 2.75) is 83.0 Å². The molecule has 1 aliphatic heterocycles. The Morgan fingerprint density at radius 3 is 2.59 bits per heavy atom. The van der Waals surface area contributed by atoms with E-state index in [9.17, 15) is 18.0 Å². The van der Waals surface area contributed by atoms with Gasteiger partial charge in [0.1, 0.15) is 12.2 Å². The molecule has 1 amide bonds. The standard InChI is InChI=1S/C26H39F3N2O3/c1-5-20-9-10-21(33-4)15-22(20)25(11-13-30-23(32)16-26(27,28)29)12-14-31(17-19-7-8-19)18(3)24(25)34-6-2/h9-10,15,18-19,24H,5-8,11-14,16-17H2,1-4H3,(H,30,32). The summed E-state index contributed by atoms with van der Waals surface area (Å²) in [5.74, 6) is 0.508. The molecule has 1 saturated carbocycles. The van der Waals surface area contributed by atoms with Crippen LogP contribution in [0, 0.1) is 5.92 Å². The third kappa shape index (κ3) is 6.45. The minimum Gasteiger partial charge on any atom is -0.497 e. The molecule has 0 radical (unpaired) electrons. The highest BCUT2D eigenvalue weighted by atomic mass is 19.4. The van der Waals surface area contributed by atoms with Crippen LogP contribution in [0.5, 0.6) is 5.75 Å². The predicted molar refractivity (Wildman–Crippen MR) is 126 cm³/mol. The van der Waals surface area contributed by atoms with Crippen molar-refractivity contribution in [3.63, 3.8) is 0 Å². The number of carbonyl (C=O) groups is 1. The maximum atomic E-state index is 12.7. The van der Waals surface area contributed by atoms with Gasteiger partial charge in [0, 0.05) is 31.2 Å². The van der Waals surface area contributed by atoms with E-state index in [1.165, 1.54) is 18.4 Å². The number of hydrogen-bond acceptors (Lipinski definition) is 4. The molecule has 1 N–H and O–H groups in total. The lowest BCUT2D eigenvalue weighted by Crippen LogP contribution is -2.61. The number of ether oxygens (including phenoxy) is 2. The number of amides is 1. The Morgan fingerprint density at radius 2 is 2.00 bits per heavy atom. The molecule has 3 unspecified atom stereocenters. The van der Waals surface area contributed by atoms with Crippen LogP contribution in [0.15, 0.2) is 18.2 Å². The van der Waals surface area contributed by atoms with Gasteiger partial charge in [-0.2, -0.15) is 13.2 Å². The first-order chi connectivity index (χ1) is 16.1. The average molecular weight is 485 g/mol. The highest BCUT2D eigenvalue weighted by molar-refractivity contribution is 5.76. The highest BCUT2D eigenvalue weighted by Crippen LogP contribution is 2.46. The van der Waals surface area contributed by atoms with Crippen LogP contribution in [0.2, 0.25) is 0 Å². The Bertz CT molecular complexity index is 828. The minimum absolute atomic E-state index is 0.149. The number of carbonyl (C=O) groups excluding carboxylic acids is 1. The molecular formula is C26H39F3N2O3. The molecule has 34 heavy (non-hydrogen) atoms. The van der Waals surface area contributed by atoms with Crippen LogP contribution in [0.25, 0.3) is 0 Å². The zero-order chi connectivity index (χ0) is 24.9. The molecule has 1 aromatic rings. The van der Waals surface area contributed by atoms with Gasteiger partial charge < -0.3 is 14.8 Å². The van der Waals surface area contributed by atoms with Crippen molar-refractivity contribution in [3.8, 4) is 5.75 Å². The Balaban J connectivity index is 1.94. The summed E-state index contributed by atoms with van der Waals surface area (Å²) >= 11 is 0. The molecule has 1 aliphatic carbocycles. The van der Waals surface area contributed by atoms with Gasteiger partial charge in [0.2, 0.25) is 5.91 Å². The molecule has 0 aromatic heterocycles. The molecule has 0 bridgehead atoms. The SMILES string of the molecule is CCOC1C(C)N(CC2CC2)CCC1(CCNC(=O)CC(F)(F)F)c1cc(OC)ccc1CC. The van der Waals surface area contributed by atoms with E-state index < -0.39 is 23.9 Å². The Morgan fingerprint density at radius 1 is 1.26 bits per heavy atom. The van der Waals surface area contributed by atoms with Crippen molar-refractivity contribution >= 4 is 5.91 Å². The summed E-state index contributed by atoms with van der Waals surface area (Å²) in [6.07, 6.45) is -1.45. The quantitative estimate of drug-likeness (QED) is 0.487. The fourth-order valence-electron chi connectivity index (χ4n) is 5.52. The highest BCUT2D eigenvalue weighted by Gasteiger charge is 2.50. The smallest absolute Gasteiger partial charge is 0.397 e. The molecule has 1 aromatic carbocycles. The molecule has 1 saturated heterocycles. The minimum atomic E-state index is -4.51. The van der Waals surface area contributed by atoms with Crippen molar-refractivity contribution in [2.24, 2.45) is 5.92 Å². The first kappa shape index (κ1) is 26.8. The van der Waals surface area contributed by atoms with Crippen molar-refractivity contribution < 1.29 is 27.4 Å². The number of likely N-dealkylation sites (tertiary alicyclic amines) is 1. The van der Waals surface area contributed by atoms with Crippen molar-refractivity contribution in [1.82, 2.24) is 10.2 Å². The fraction of sp³-hybridized carbons (Fsp3) is 0.731. The van der Waals surface area contributed by atoms with Gasteiger partial charge in [0.25, 0.3) is 0 Å². The molecule has 5 nitrogen and oxygen atoms in total. The zero-order valence-corrected chi connectivity index (χ0v) is 20.8.